The van der Waals surface area contributed by atoms with Crippen molar-refractivity contribution in [1.29, 1.82) is 0 Å². The molecule has 0 atom stereocenters. The summed E-state index contributed by atoms with van der Waals surface area (Å²) in [6.07, 6.45) is 5.61. The number of thioether (sulfide) groups is 1. The van der Waals surface area contributed by atoms with E-state index in [1.54, 1.807) is 24.0 Å². The molecule has 34 heavy (non-hydrogen) atoms. The number of aryl methyl sites for hydroxylation is 1. The normalized spacial score (nSPS) is 13.9. The Morgan fingerprint density at radius 3 is 2.53 bits per heavy atom. The predicted molar refractivity (Wildman–Crippen MR) is 141 cm³/mol. The van der Waals surface area contributed by atoms with Gasteiger partial charge in [-0.15, -0.1) is 0 Å². The van der Waals surface area contributed by atoms with E-state index in [4.69, 9.17) is 4.98 Å². The lowest BCUT2D eigenvalue weighted by Gasteiger charge is -2.37. The van der Waals surface area contributed by atoms with Crippen LogP contribution in [0, 0.1) is 6.92 Å². The molecule has 1 amide bonds. The Balaban J connectivity index is 1.54. The Kier molecular flexibility index (Phi) is 7.67. The van der Waals surface area contributed by atoms with Gasteiger partial charge in [-0.3, -0.25) is 9.78 Å². The molecule has 0 aliphatic carbocycles. The average molecular weight is 477 g/mol. The highest BCUT2D eigenvalue weighted by Crippen LogP contribution is 2.32. The number of anilines is 3. The number of pyridine rings is 1. The van der Waals surface area contributed by atoms with Crippen molar-refractivity contribution >= 4 is 34.9 Å². The van der Waals surface area contributed by atoms with Gasteiger partial charge in [-0.05, 0) is 55.0 Å². The number of rotatable bonds is 7. The molecule has 4 rings (SSSR count). The minimum absolute atomic E-state index is 0.134. The topological polar surface area (TPSA) is 74.2 Å². The van der Waals surface area contributed by atoms with E-state index in [9.17, 15) is 4.79 Å². The number of amides is 1. The Hall–Kier alpha value is -3.13. The highest BCUT2D eigenvalue weighted by molar-refractivity contribution is 7.97. The fourth-order valence-electron chi connectivity index (χ4n) is 4.13. The summed E-state index contributed by atoms with van der Waals surface area (Å²) in [6.45, 7) is 9.64. The summed E-state index contributed by atoms with van der Waals surface area (Å²) >= 11 is 1.73. The van der Waals surface area contributed by atoms with E-state index in [0.29, 0.717) is 11.5 Å². The van der Waals surface area contributed by atoms with Crippen LogP contribution in [0.2, 0.25) is 0 Å². The maximum atomic E-state index is 13.0. The van der Waals surface area contributed by atoms with Crippen LogP contribution in [0.4, 0.5) is 17.2 Å². The molecule has 1 fully saturated rings. The van der Waals surface area contributed by atoms with E-state index in [0.717, 1.165) is 60.6 Å². The first-order valence-corrected chi connectivity index (χ1v) is 13.0. The van der Waals surface area contributed by atoms with Crippen molar-refractivity contribution in [3.05, 3.63) is 71.4 Å². The monoisotopic (exact) mass is 476 g/mol. The highest BCUT2D eigenvalue weighted by Gasteiger charge is 2.22. The fourth-order valence-corrected chi connectivity index (χ4v) is 4.53. The second-order valence-corrected chi connectivity index (χ2v) is 9.63. The lowest BCUT2D eigenvalue weighted by atomic mass is 10.0. The first-order chi connectivity index (χ1) is 16.5. The zero-order valence-corrected chi connectivity index (χ0v) is 21.1. The van der Waals surface area contributed by atoms with Crippen LogP contribution in [0.1, 0.15) is 47.2 Å². The quantitative estimate of drug-likeness (QED) is 0.528. The molecule has 3 heterocycles. The van der Waals surface area contributed by atoms with Gasteiger partial charge in [0.1, 0.15) is 11.6 Å². The van der Waals surface area contributed by atoms with Gasteiger partial charge in [0.15, 0.2) is 0 Å². The molecule has 0 saturated carbocycles. The molecule has 1 aliphatic rings. The van der Waals surface area contributed by atoms with Crippen molar-refractivity contribution in [2.75, 3.05) is 47.6 Å². The van der Waals surface area contributed by atoms with Crippen LogP contribution in [0.15, 0.2) is 48.8 Å². The number of benzene rings is 1. The minimum Gasteiger partial charge on any atom is -0.366 e. The summed E-state index contributed by atoms with van der Waals surface area (Å²) in [4.78, 5) is 31.0. The van der Waals surface area contributed by atoms with Gasteiger partial charge in [-0.25, -0.2) is 9.97 Å². The number of aromatic nitrogens is 3. The van der Waals surface area contributed by atoms with E-state index < -0.39 is 0 Å². The third kappa shape index (κ3) is 5.50. The molecule has 7 nitrogen and oxygen atoms in total. The number of nitrogens with zero attached hydrogens (tertiary/aromatic N) is 5. The molecule has 178 valence electrons. The Morgan fingerprint density at radius 1 is 1.06 bits per heavy atom. The van der Waals surface area contributed by atoms with Crippen LogP contribution in [-0.4, -0.2) is 53.3 Å². The van der Waals surface area contributed by atoms with Gasteiger partial charge in [0.25, 0.3) is 5.91 Å². The second kappa shape index (κ2) is 10.9. The number of nitrogens with one attached hydrogen (secondary N) is 1. The summed E-state index contributed by atoms with van der Waals surface area (Å²) < 4.78 is 0. The van der Waals surface area contributed by atoms with Gasteiger partial charge in [0, 0.05) is 44.3 Å². The van der Waals surface area contributed by atoms with Gasteiger partial charge >= 0.3 is 0 Å². The average Bonchev–Trinajstić information content (AvgIpc) is 2.85. The zero-order valence-electron chi connectivity index (χ0n) is 20.3. The van der Waals surface area contributed by atoms with Crippen LogP contribution in [0.3, 0.4) is 0 Å². The predicted octanol–water partition coefficient (Wildman–Crippen LogP) is 4.75. The molecule has 1 saturated heterocycles. The van der Waals surface area contributed by atoms with Crippen LogP contribution < -0.4 is 15.1 Å². The third-order valence-electron chi connectivity index (χ3n) is 6.10. The summed E-state index contributed by atoms with van der Waals surface area (Å²) in [5, 5.41) is 3.14. The minimum atomic E-state index is -0.134. The molecular weight excluding hydrogens is 444 g/mol. The summed E-state index contributed by atoms with van der Waals surface area (Å²) in [7, 11) is 0. The number of hydrogen-bond acceptors (Lipinski definition) is 7. The fraction of sp³-hybridized carbons (Fsp3) is 0.385. The van der Waals surface area contributed by atoms with E-state index in [1.165, 1.54) is 5.56 Å². The maximum absolute atomic E-state index is 13.0. The molecule has 2 aromatic heterocycles. The molecular formula is C26H32N6OS. The first kappa shape index (κ1) is 24.0. The molecule has 1 aromatic carbocycles. The summed E-state index contributed by atoms with van der Waals surface area (Å²) in [6, 6.07) is 11.9. The number of piperazine rings is 1. The third-order valence-corrected chi connectivity index (χ3v) is 6.64. The highest BCUT2D eigenvalue weighted by atomic mass is 32.2. The molecule has 1 N–H and O–H groups in total. The standard InChI is InChI=1S/C26H32N6OS/c1-18(2)20-7-8-22(29-26(33)21-6-5-10-27-19(21)3)23(16-20)31-12-14-32(15-13-31)25-9-11-28-24(30-25)17-34-4/h5-11,16,18H,12-15,17H2,1-4H3,(H,29,33). The van der Waals surface area contributed by atoms with Crippen molar-refractivity contribution in [2.45, 2.75) is 32.4 Å². The largest absolute Gasteiger partial charge is 0.366 e. The van der Waals surface area contributed by atoms with Crippen molar-refractivity contribution in [3.63, 3.8) is 0 Å². The van der Waals surface area contributed by atoms with Gasteiger partial charge in [0.2, 0.25) is 0 Å². The smallest absolute Gasteiger partial charge is 0.257 e. The van der Waals surface area contributed by atoms with Gasteiger partial charge < -0.3 is 15.1 Å². The van der Waals surface area contributed by atoms with Crippen LogP contribution >= 0.6 is 11.8 Å². The van der Waals surface area contributed by atoms with E-state index in [2.05, 4.69) is 57.3 Å². The Bertz CT molecular complexity index is 1140. The van der Waals surface area contributed by atoms with Gasteiger partial charge in [-0.2, -0.15) is 11.8 Å². The SMILES string of the molecule is CSCc1nccc(N2CCN(c3cc(C(C)C)ccc3NC(=O)c3cccnc3C)CC2)n1. The van der Waals surface area contributed by atoms with E-state index in [-0.39, 0.29) is 5.91 Å². The number of hydrogen-bond donors (Lipinski definition) is 1. The van der Waals surface area contributed by atoms with E-state index >= 15 is 0 Å². The molecule has 1 aliphatic heterocycles. The van der Waals surface area contributed by atoms with Crippen LogP contribution in [0.5, 0.6) is 0 Å². The molecule has 0 unspecified atom stereocenters. The van der Waals surface area contributed by atoms with Crippen LogP contribution in [0.25, 0.3) is 0 Å². The Morgan fingerprint density at radius 2 is 1.82 bits per heavy atom. The Labute approximate surface area is 206 Å². The second-order valence-electron chi connectivity index (χ2n) is 8.76. The van der Waals surface area contributed by atoms with Gasteiger partial charge in [0.05, 0.1) is 22.7 Å². The summed E-state index contributed by atoms with van der Waals surface area (Å²) in [5.41, 5.74) is 4.46. The molecule has 3 aromatic rings. The summed E-state index contributed by atoms with van der Waals surface area (Å²) in [5.74, 6) is 2.93. The number of carbonyl (C=O) groups is 1. The zero-order chi connectivity index (χ0) is 24.1. The van der Waals surface area contributed by atoms with Crippen molar-refractivity contribution < 1.29 is 4.79 Å². The van der Waals surface area contributed by atoms with Gasteiger partial charge in [-0.1, -0.05) is 19.9 Å². The van der Waals surface area contributed by atoms with Crippen LogP contribution in [-0.2, 0) is 5.75 Å². The lowest BCUT2D eigenvalue weighted by Crippen LogP contribution is -2.47. The molecule has 8 heteroatoms. The van der Waals surface area contributed by atoms with Crippen molar-refractivity contribution in [2.24, 2.45) is 0 Å². The lowest BCUT2D eigenvalue weighted by molar-refractivity contribution is 0.102. The van der Waals surface area contributed by atoms with E-state index in [1.807, 2.05) is 31.3 Å². The molecule has 0 spiro atoms. The molecule has 0 bridgehead atoms. The first-order valence-electron chi connectivity index (χ1n) is 11.6. The molecule has 0 radical (unpaired) electrons. The van der Waals surface area contributed by atoms with Crippen molar-refractivity contribution in [1.82, 2.24) is 15.0 Å². The van der Waals surface area contributed by atoms with Crippen molar-refractivity contribution in [3.8, 4) is 0 Å². The maximum Gasteiger partial charge on any atom is 0.257 e. The number of carbonyl (C=O) groups excluding carboxylic acids is 1.